The van der Waals surface area contributed by atoms with Crippen molar-refractivity contribution >= 4 is 29.3 Å². The van der Waals surface area contributed by atoms with Crippen molar-refractivity contribution in [1.82, 2.24) is 24.8 Å². The van der Waals surface area contributed by atoms with Gasteiger partial charge in [0.1, 0.15) is 17.9 Å². The van der Waals surface area contributed by atoms with E-state index in [0.717, 1.165) is 36.0 Å². The molecule has 7 rings (SSSR count). The first-order valence-corrected chi connectivity index (χ1v) is 15.8. The zero-order valence-corrected chi connectivity index (χ0v) is 25.6. The molecule has 4 amide bonds. The lowest BCUT2D eigenvalue weighted by atomic mass is 9.78. The topological polar surface area (TPSA) is 144 Å². The summed E-state index contributed by atoms with van der Waals surface area (Å²) in [6, 6.07) is 18.8. The number of carbonyl (C=O) groups excluding carboxylic acids is 4. The van der Waals surface area contributed by atoms with Gasteiger partial charge in [0, 0.05) is 25.2 Å². The summed E-state index contributed by atoms with van der Waals surface area (Å²) < 4.78 is 14.9. The largest absolute Gasteiger partial charge is 0.368 e. The van der Waals surface area contributed by atoms with E-state index in [1.807, 2.05) is 48.5 Å². The van der Waals surface area contributed by atoms with E-state index in [2.05, 4.69) is 15.6 Å². The Labute approximate surface area is 270 Å². The minimum atomic E-state index is -1.14. The van der Waals surface area contributed by atoms with Gasteiger partial charge in [0.15, 0.2) is 5.69 Å². The van der Waals surface area contributed by atoms with Gasteiger partial charge in [0.05, 0.1) is 17.3 Å². The van der Waals surface area contributed by atoms with E-state index in [9.17, 15) is 23.6 Å². The third-order valence-corrected chi connectivity index (χ3v) is 9.61. The van der Waals surface area contributed by atoms with Crippen LogP contribution in [0.1, 0.15) is 52.9 Å². The monoisotopic (exact) mass is 635 g/mol. The number of nitrogens with zero attached hydrogens (tertiary/aromatic N) is 5. The molecule has 1 fully saturated rings. The highest BCUT2D eigenvalue weighted by molar-refractivity contribution is 6.08. The van der Waals surface area contributed by atoms with Crippen molar-refractivity contribution < 1.29 is 23.6 Å². The van der Waals surface area contributed by atoms with Gasteiger partial charge in [-0.3, -0.25) is 19.2 Å². The zero-order chi connectivity index (χ0) is 32.7. The van der Waals surface area contributed by atoms with Crippen molar-refractivity contribution in [2.24, 2.45) is 5.73 Å². The van der Waals surface area contributed by atoms with Crippen LogP contribution < -0.4 is 11.1 Å². The molecule has 4 aromatic rings. The Hall–Kier alpha value is -5.39. The van der Waals surface area contributed by atoms with Crippen LogP contribution in [0.3, 0.4) is 0 Å². The van der Waals surface area contributed by atoms with Crippen LogP contribution in [0.2, 0.25) is 0 Å². The minimum Gasteiger partial charge on any atom is -0.368 e. The van der Waals surface area contributed by atoms with E-state index in [1.165, 1.54) is 44.9 Å². The Balaban J connectivity index is 1.30. The molecule has 3 aromatic carbocycles. The van der Waals surface area contributed by atoms with Crippen molar-refractivity contribution in [1.29, 1.82) is 0 Å². The molecule has 4 heterocycles. The number of nitrogens with two attached hydrogens (primary N) is 1. The molecule has 1 spiro atoms. The van der Waals surface area contributed by atoms with E-state index >= 15 is 0 Å². The first-order valence-electron chi connectivity index (χ1n) is 15.8. The number of hydrogen-bond acceptors (Lipinski definition) is 6. The number of anilines is 1. The van der Waals surface area contributed by atoms with Crippen molar-refractivity contribution in [2.45, 2.75) is 56.0 Å². The van der Waals surface area contributed by atoms with Gasteiger partial charge in [-0.05, 0) is 72.7 Å². The van der Waals surface area contributed by atoms with Crippen LogP contribution in [0.5, 0.6) is 0 Å². The first-order chi connectivity index (χ1) is 22.7. The van der Waals surface area contributed by atoms with E-state index in [-0.39, 0.29) is 37.5 Å². The van der Waals surface area contributed by atoms with Crippen LogP contribution in [0.15, 0.2) is 79.0 Å². The highest BCUT2D eigenvalue weighted by Crippen LogP contribution is 2.47. The molecule has 11 nitrogen and oxygen atoms in total. The van der Waals surface area contributed by atoms with Gasteiger partial charge in [-0.15, -0.1) is 5.10 Å². The van der Waals surface area contributed by atoms with Crippen LogP contribution in [0, 0.1) is 5.82 Å². The van der Waals surface area contributed by atoms with Gasteiger partial charge >= 0.3 is 0 Å². The maximum absolute atomic E-state index is 14.8. The van der Waals surface area contributed by atoms with Crippen LogP contribution in [0.25, 0.3) is 5.69 Å². The number of carbonyl (C=O) groups is 4. The number of halogens is 1. The molecule has 3 aliphatic heterocycles. The maximum atomic E-state index is 14.8. The fourth-order valence-electron chi connectivity index (χ4n) is 7.14. The Kier molecular flexibility index (Phi) is 7.78. The predicted molar refractivity (Wildman–Crippen MR) is 170 cm³/mol. The number of amides is 4. The average molecular weight is 636 g/mol. The fraction of sp³-hybridized carbons (Fsp3) is 0.314. The molecule has 3 atom stereocenters. The molecule has 240 valence electrons. The van der Waals surface area contributed by atoms with Crippen LogP contribution in [-0.2, 0) is 32.6 Å². The van der Waals surface area contributed by atoms with Gasteiger partial charge in [-0.1, -0.05) is 54.1 Å². The Bertz CT molecular complexity index is 1860. The molecular formula is C35H34FN7O4. The van der Waals surface area contributed by atoms with Gasteiger partial charge < -0.3 is 20.9 Å². The van der Waals surface area contributed by atoms with Gasteiger partial charge in [-0.2, -0.15) is 0 Å². The summed E-state index contributed by atoms with van der Waals surface area (Å²) in [5.74, 6) is -2.37. The smallest absolute Gasteiger partial charge is 0.276 e. The lowest BCUT2D eigenvalue weighted by molar-refractivity contribution is -0.141. The van der Waals surface area contributed by atoms with Gasteiger partial charge in [0.2, 0.25) is 17.7 Å². The Morgan fingerprint density at radius 2 is 1.79 bits per heavy atom. The molecule has 0 radical (unpaired) electrons. The highest BCUT2D eigenvalue weighted by atomic mass is 19.1. The molecule has 0 saturated carbocycles. The summed E-state index contributed by atoms with van der Waals surface area (Å²) in [7, 11) is 0. The normalized spacial score (nSPS) is 22.6. The summed E-state index contributed by atoms with van der Waals surface area (Å²) in [5.41, 5.74) is 8.62. The van der Waals surface area contributed by atoms with E-state index < -0.39 is 41.0 Å². The molecule has 0 aliphatic carbocycles. The first kappa shape index (κ1) is 30.3. The lowest BCUT2D eigenvalue weighted by Crippen LogP contribution is -2.55. The molecule has 3 N–H and O–H groups in total. The van der Waals surface area contributed by atoms with Crippen molar-refractivity contribution in [3.8, 4) is 5.69 Å². The molecule has 1 saturated heterocycles. The van der Waals surface area contributed by atoms with Gasteiger partial charge in [0.25, 0.3) is 5.91 Å². The molecular weight excluding hydrogens is 601 g/mol. The number of aryl methyl sites for hydroxylation is 1. The highest BCUT2D eigenvalue weighted by Gasteiger charge is 2.58. The van der Waals surface area contributed by atoms with E-state index in [0.29, 0.717) is 17.8 Å². The maximum Gasteiger partial charge on any atom is 0.276 e. The van der Waals surface area contributed by atoms with Crippen molar-refractivity contribution in [3.63, 3.8) is 0 Å². The third kappa shape index (κ3) is 5.53. The second-order valence-corrected chi connectivity index (χ2v) is 12.5. The third-order valence-electron chi connectivity index (χ3n) is 9.61. The SMILES string of the molecule is NC(=O)[C@@H]1C[C@]23CN1C(=O)[C@H](Cc1ccccc1)N(C(=O)c1cn(-c4ccc(F)cc4)nn1)CCCCCc1ccc(c2c1)NC3=O. The average Bonchev–Trinajstić information content (AvgIpc) is 3.79. The van der Waals surface area contributed by atoms with Gasteiger partial charge in [-0.25, -0.2) is 9.07 Å². The second-order valence-electron chi connectivity index (χ2n) is 12.5. The van der Waals surface area contributed by atoms with E-state index in [4.69, 9.17) is 5.73 Å². The summed E-state index contributed by atoms with van der Waals surface area (Å²) >= 11 is 0. The molecule has 12 heteroatoms. The number of benzene rings is 3. The quantitative estimate of drug-likeness (QED) is 0.345. The number of fused-ring (bicyclic) bond motifs is 2. The Morgan fingerprint density at radius 3 is 2.55 bits per heavy atom. The summed E-state index contributed by atoms with van der Waals surface area (Å²) in [4.78, 5) is 58.7. The van der Waals surface area contributed by atoms with Crippen LogP contribution in [0.4, 0.5) is 10.1 Å². The minimum absolute atomic E-state index is 0.0143. The van der Waals surface area contributed by atoms with Crippen LogP contribution >= 0.6 is 0 Å². The molecule has 47 heavy (non-hydrogen) atoms. The lowest BCUT2D eigenvalue weighted by Gasteiger charge is -2.35. The number of nitrogens with one attached hydrogen (secondary N) is 1. The second kappa shape index (κ2) is 12.1. The van der Waals surface area contributed by atoms with E-state index in [1.54, 1.807) is 0 Å². The fourth-order valence-corrected chi connectivity index (χ4v) is 7.14. The van der Waals surface area contributed by atoms with Crippen LogP contribution in [-0.4, -0.2) is 73.6 Å². The summed E-state index contributed by atoms with van der Waals surface area (Å²) in [5, 5.41) is 11.2. The summed E-state index contributed by atoms with van der Waals surface area (Å²) in [6.45, 7) is 0.201. The Morgan fingerprint density at radius 1 is 1.00 bits per heavy atom. The number of hydrogen-bond donors (Lipinski definition) is 2. The van der Waals surface area contributed by atoms with Crippen molar-refractivity contribution in [2.75, 3.05) is 18.4 Å². The van der Waals surface area contributed by atoms with Crippen molar-refractivity contribution in [3.05, 3.63) is 107 Å². The standard InChI is InChI=1S/C35H34FN7O4/c36-24-11-13-25(14-12-24)43-20-28(39-40-43)32(45)41-16-6-2-5-9-23-10-15-27-26(17-23)35(34(47)38-27)19-30(31(37)44)42(21-35)33(46)29(41)18-22-7-3-1-4-8-22/h1,3-4,7-8,10-15,17,20,29-30H,2,5-6,9,16,18-19,21H2,(H2,37,44)(H,38,47)/t29-,30-,35-/m0/s1. The molecule has 1 aromatic heterocycles. The zero-order valence-electron chi connectivity index (χ0n) is 25.6. The molecule has 4 bridgehead atoms. The predicted octanol–water partition coefficient (Wildman–Crippen LogP) is 3.16. The number of rotatable bonds is 5. The number of primary amides is 1. The molecule has 0 unspecified atom stereocenters. The number of aromatic nitrogens is 3. The summed E-state index contributed by atoms with van der Waals surface area (Å²) in [6.07, 6.45) is 4.68. The molecule has 3 aliphatic rings.